The quantitative estimate of drug-likeness (QED) is 0.873. The molecular formula is C17H28N4O2. The molecule has 1 aliphatic carbocycles. The smallest absolute Gasteiger partial charge is 0.275 e. The number of carbonyl (C=O) groups is 1. The molecule has 0 bridgehead atoms. The summed E-state index contributed by atoms with van der Waals surface area (Å²) in [5.74, 6) is 1.04. The van der Waals surface area contributed by atoms with Crippen molar-refractivity contribution in [2.75, 3.05) is 0 Å². The summed E-state index contributed by atoms with van der Waals surface area (Å²) >= 11 is 0. The van der Waals surface area contributed by atoms with Gasteiger partial charge in [-0.3, -0.25) is 9.59 Å². The van der Waals surface area contributed by atoms with Gasteiger partial charge in [0.2, 0.25) is 5.91 Å². The molecule has 1 heterocycles. The first-order chi connectivity index (χ1) is 10.8. The lowest BCUT2D eigenvalue weighted by atomic mass is 9.96. The lowest BCUT2D eigenvalue weighted by molar-refractivity contribution is -0.122. The van der Waals surface area contributed by atoms with Crippen molar-refractivity contribution >= 4 is 5.91 Å². The number of hydrogen-bond acceptors (Lipinski definition) is 4. The fraction of sp³-hybridized carbons (Fsp3) is 0.765. The zero-order chi connectivity index (χ0) is 17.0. The minimum atomic E-state index is -0.380. The number of H-pyrrole nitrogens is 1. The molecule has 1 unspecified atom stereocenters. The van der Waals surface area contributed by atoms with Gasteiger partial charge in [-0.25, -0.2) is 0 Å². The first kappa shape index (κ1) is 17.6. The van der Waals surface area contributed by atoms with Crippen molar-refractivity contribution in [3.63, 3.8) is 0 Å². The zero-order valence-corrected chi connectivity index (χ0v) is 14.6. The Morgan fingerprint density at radius 1 is 1.30 bits per heavy atom. The fourth-order valence-corrected chi connectivity index (χ4v) is 3.00. The highest BCUT2D eigenvalue weighted by Gasteiger charge is 2.24. The van der Waals surface area contributed by atoms with Gasteiger partial charge in [0.25, 0.3) is 5.56 Å². The van der Waals surface area contributed by atoms with E-state index in [1.807, 2.05) is 27.7 Å². The minimum Gasteiger partial charge on any atom is -0.347 e. The molecule has 1 fully saturated rings. The molecule has 1 atom stereocenters. The van der Waals surface area contributed by atoms with Crippen LogP contribution in [0.15, 0.2) is 4.79 Å². The molecule has 0 aromatic carbocycles. The maximum Gasteiger partial charge on any atom is 0.275 e. The lowest BCUT2D eigenvalue weighted by Crippen LogP contribution is -2.35. The van der Waals surface area contributed by atoms with Crippen molar-refractivity contribution in [2.24, 2.45) is 5.92 Å². The second kappa shape index (κ2) is 7.23. The average Bonchev–Trinajstić information content (AvgIpc) is 2.97. The van der Waals surface area contributed by atoms with Gasteiger partial charge < -0.3 is 10.3 Å². The van der Waals surface area contributed by atoms with Crippen LogP contribution in [0, 0.1) is 5.92 Å². The Kier molecular flexibility index (Phi) is 5.55. The molecule has 23 heavy (non-hydrogen) atoms. The molecule has 1 aromatic rings. The van der Waals surface area contributed by atoms with E-state index in [-0.39, 0.29) is 22.9 Å². The molecule has 6 nitrogen and oxygen atoms in total. The topological polar surface area (TPSA) is 87.7 Å². The van der Waals surface area contributed by atoms with Gasteiger partial charge in [-0.1, -0.05) is 40.5 Å². The van der Waals surface area contributed by atoms with Crippen LogP contribution in [-0.4, -0.2) is 21.1 Å². The number of hydrogen-bond donors (Lipinski definition) is 2. The maximum atomic E-state index is 12.3. The number of amides is 1. The molecule has 0 saturated heterocycles. The van der Waals surface area contributed by atoms with Gasteiger partial charge in [0.05, 0.1) is 6.04 Å². The van der Waals surface area contributed by atoms with E-state index in [1.165, 1.54) is 12.8 Å². The van der Waals surface area contributed by atoms with Gasteiger partial charge >= 0.3 is 0 Å². The van der Waals surface area contributed by atoms with Crippen LogP contribution in [0.5, 0.6) is 0 Å². The Bertz CT molecular complexity index is 597. The normalized spacial score (nSPS) is 17.2. The van der Waals surface area contributed by atoms with Crippen LogP contribution in [-0.2, 0) is 10.2 Å². The first-order valence-electron chi connectivity index (χ1n) is 8.58. The van der Waals surface area contributed by atoms with Crippen molar-refractivity contribution in [3.05, 3.63) is 21.9 Å². The number of aromatic amines is 1. The Morgan fingerprint density at radius 3 is 2.48 bits per heavy atom. The number of nitrogens with one attached hydrogen (secondary N) is 2. The summed E-state index contributed by atoms with van der Waals surface area (Å²) in [7, 11) is 0. The van der Waals surface area contributed by atoms with Crippen LogP contribution >= 0.6 is 0 Å². The van der Waals surface area contributed by atoms with E-state index in [1.54, 1.807) is 0 Å². The lowest BCUT2D eigenvalue weighted by Gasteiger charge is -2.19. The Balaban J connectivity index is 2.08. The predicted molar refractivity (Wildman–Crippen MR) is 89.1 cm³/mol. The Morgan fingerprint density at radius 2 is 1.96 bits per heavy atom. The van der Waals surface area contributed by atoms with Gasteiger partial charge in [-0.2, -0.15) is 0 Å². The number of carbonyl (C=O) groups excluding carboxylic acids is 1. The van der Waals surface area contributed by atoms with Crippen molar-refractivity contribution < 1.29 is 4.79 Å². The van der Waals surface area contributed by atoms with E-state index in [4.69, 9.17) is 0 Å². The third-order valence-electron chi connectivity index (χ3n) is 4.46. The zero-order valence-electron chi connectivity index (χ0n) is 14.6. The molecule has 6 heteroatoms. The van der Waals surface area contributed by atoms with Crippen molar-refractivity contribution in [3.8, 4) is 0 Å². The van der Waals surface area contributed by atoms with Gasteiger partial charge in [-0.05, 0) is 25.2 Å². The number of nitrogens with zero attached hydrogens (tertiary/aromatic N) is 2. The third kappa shape index (κ3) is 4.62. The van der Waals surface area contributed by atoms with Crippen molar-refractivity contribution in [1.29, 1.82) is 0 Å². The third-order valence-corrected chi connectivity index (χ3v) is 4.46. The summed E-state index contributed by atoms with van der Waals surface area (Å²) in [6.07, 6.45) is 5.85. The molecule has 128 valence electrons. The standard InChI is InChI=1S/C17H28N4O2/c1-5-12(18-13(22)10-11-8-6-7-9-11)14-15(23)19-16(21-20-14)17(2,3)4/h11-12H,5-10H2,1-4H3,(H,18,22)(H,19,21,23). The summed E-state index contributed by atoms with van der Waals surface area (Å²) in [6.45, 7) is 7.83. The van der Waals surface area contributed by atoms with E-state index in [2.05, 4.69) is 20.5 Å². The highest BCUT2D eigenvalue weighted by atomic mass is 16.2. The van der Waals surface area contributed by atoms with E-state index < -0.39 is 0 Å². The molecule has 1 aliphatic rings. The molecule has 0 radical (unpaired) electrons. The molecule has 0 aliphatic heterocycles. The number of aromatic nitrogens is 3. The summed E-state index contributed by atoms with van der Waals surface area (Å²) in [6, 6.07) is -0.380. The first-order valence-corrected chi connectivity index (χ1v) is 8.58. The van der Waals surface area contributed by atoms with Gasteiger partial charge in [0.1, 0.15) is 5.82 Å². The van der Waals surface area contributed by atoms with Crippen LogP contribution in [0.25, 0.3) is 0 Å². The van der Waals surface area contributed by atoms with E-state index in [9.17, 15) is 9.59 Å². The van der Waals surface area contributed by atoms with Crippen LogP contribution < -0.4 is 10.9 Å². The molecule has 1 saturated carbocycles. The SMILES string of the molecule is CCC(NC(=O)CC1CCCC1)c1nnc(C(C)(C)C)[nH]c1=O. The summed E-state index contributed by atoms with van der Waals surface area (Å²) in [5.41, 5.74) is -0.240. The second-order valence-electron chi connectivity index (χ2n) is 7.52. The van der Waals surface area contributed by atoms with Gasteiger partial charge in [0, 0.05) is 11.8 Å². The van der Waals surface area contributed by atoms with Crippen LogP contribution in [0.3, 0.4) is 0 Å². The van der Waals surface area contributed by atoms with Gasteiger partial charge in [-0.15, -0.1) is 10.2 Å². The average molecular weight is 320 g/mol. The van der Waals surface area contributed by atoms with Crippen molar-refractivity contribution in [2.45, 2.75) is 77.7 Å². The minimum absolute atomic E-state index is 0.00449. The maximum absolute atomic E-state index is 12.3. The highest BCUT2D eigenvalue weighted by Crippen LogP contribution is 2.27. The molecule has 1 amide bonds. The van der Waals surface area contributed by atoms with Gasteiger partial charge in [0.15, 0.2) is 5.69 Å². The number of rotatable bonds is 5. The summed E-state index contributed by atoms with van der Waals surface area (Å²) in [5, 5.41) is 11.2. The Labute approximate surface area is 137 Å². The Hall–Kier alpha value is -1.72. The summed E-state index contributed by atoms with van der Waals surface area (Å²) < 4.78 is 0. The van der Waals surface area contributed by atoms with Crippen LogP contribution in [0.4, 0.5) is 0 Å². The highest BCUT2D eigenvalue weighted by molar-refractivity contribution is 5.76. The second-order valence-corrected chi connectivity index (χ2v) is 7.52. The van der Waals surface area contributed by atoms with E-state index >= 15 is 0 Å². The van der Waals surface area contributed by atoms with Crippen LogP contribution in [0.2, 0.25) is 0 Å². The monoisotopic (exact) mass is 320 g/mol. The van der Waals surface area contributed by atoms with Crippen LogP contribution in [0.1, 0.15) is 83.8 Å². The van der Waals surface area contributed by atoms with E-state index in [0.29, 0.717) is 30.3 Å². The molecule has 1 aromatic heterocycles. The molecule has 2 N–H and O–H groups in total. The van der Waals surface area contributed by atoms with E-state index in [0.717, 1.165) is 12.8 Å². The summed E-state index contributed by atoms with van der Waals surface area (Å²) in [4.78, 5) is 27.3. The molecule has 2 rings (SSSR count). The molecule has 0 spiro atoms. The fourth-order valence-electron chi connectivity index (χ4n) is 3.00. The molecular weight excluding hydrogens is 292 g/mol. The largest absolute Gasteiger partial charge is 0.347 e. The predicted octanol–water partition coefficient (Wildman–Crippen LogP) is 2.61. The van der Waals surface area contributed by atoms with Crippen molar-refractivity contribution in [1.82, 2.24) is 20.5 Å².